The molecule has 4 heteroatoms. The molecule has 0 saturated heterocycles. The summed E-state index contributed by atoms with van der Waals surface area (Å²) in [5.41, 5.74) is 6.76. The average Bonchev–Trinajstić information content (AvgIpc) is 2.58. The molecule has 0 bridgehead atoms. The first-order valence-corrected chi connectivity index (χ1v) is 8.39. The Bertz CT molecular complexity index is 739. The van der Waals surface area contributed by atoms with Crippen LogP contribution in [0.3, 0.4) is 0 Å². The van der Waals surface area contributed by atoms with E-state index in [-0.39, 0.29) is 17.9 Å². The van der Waals surface area contributed by atoms with Crippen LogP contribution < -0.4 is 10.2 Å². The summed E-state index contributed by atoms with van der Waals surface area (Å²) in [5, 5.41) is 4.12. The van der Waals surface area contributed by atoms with Crippen molar-refractivity contribution in [3.63, 3.8) is 0 Å². The maximum absolute atomic E-state index is 11.9. The summed E-state index contributed by atoms with van der Waals surface area (Å²) < 4.78 is 5.51. The molecule has 2 aromatic rings. The first kappa shape index (κ1) is 18.7. The molecule has 0 aliphatic carbocycles. The predicted molar refractivity (Wildman–Crippen MR) is 102 cm³/mol. The summed E-state index contributed by atoms with van der Waals surface area (Å²) in [4.78, 5) is 11.9. The van der Waals surface area contributed by atoms with Crippen molar-refractivity contribution in [1.82, 2.24) is 5.43 Å². The van der Waals surface area contributed by atoms with Gasteiger partial charge in [-0.1, -0.05) is 62.7 Å². The monoisotopic (exact) mass is 338 g/mol. The Kier molecular flexibility index (Phi) is 5.97. The van der Waals surface area contributed by atoms with Gasteiger partial charge in [0.05, 0.1) is 5.71 Å². The quantitative estimate of drug-likeness (QED) is 0.656. The summed E-state index contributed by atoms with van der Waals surface area (Å²) in [6.07, 6.45) is 0. The van der Waals surface area contributed by atoms with E-state index >= 15 is 0 Å². The van der Waals surface area contributed by atoms with E-state index in [9.17, 15) is 4.79 Å². The second-order valence-electron chi connectivity index (χ2n) is 7.16. The highest BCUT2D eigenvalue weighted by Gasteiger charge is 2.13. The van der Waals surface area contributed by atoms with Gasteiger partial charge in [0, 0.05) is 0 Å². The Balaban J connectivity index is 1.86. The molecule has 1 amide bonds. The molecule has 0 spiro atoms. The first-order valence-electron chi connectivity index (χ1n) is 8.39. The summed E-state index contributed by atoms with van der Waals surface area (Å²) in [7, 11) is 0. The van der Waals surface area contributed by atoms with Crippen LogP contribution in [0.2, 0.25) is 0 Å². The number of hydrazone groups is 1. The van der Waals surface area contributed by atoms with Crippen LogP contribution in [0.25, 0.3) is 0 Å². The molecule has 0 aliphatic heterocycles. The minimum absolute atomic E-state index is 0.0699. The molecule has 0 heterocycles. The third-order valence-electron chi connectivity index (χ3n) is 3.91. The molecule has 0 aliphatic rings. The van der Waals surface area contributed by atoms with Crippen LogP contribution in [0.4, 0.5) is 0 Å². The fraction of sp³-hybridized carbons (Fsp3) is 0.333. The molecule has 0 radical (unpaired) electrons. The lowest BCUT2D eigenvalue weighted by molar-refractivity contribution is -0.123. The lowest BCUT2D eigenvalue weighted by Gasteiger charge is -2.19. The molecular formula is C21H26N2O2. The Morgan fingerprint density at radius 1 is 1.04 bits per heavy atom. The number of hydrogen-bond donors (Lipinski definition) is 1. The molecule has 4 nitrogen and oxygen atoms in total. The largest absolute Gasteiger partial charge is 0.484 e. The highest BCUT2D eigenvalue weighted by molar-refractivity contribution is 5.99. The fourth-order valence-corrected chi connectivity index (χ4v) is 2.24. The topological polar surface area (TPSA) is 50.7 Å². The van der Waals surface area contributed by atoms with Crippen molar-refractivity contribution >= 4 is 11.6 Å². The van der Waals surface area contributed by atoms with Gasteiger partial charge in [-0.15, -0.1) is 0 Å². The van der Waals surface area contributed by atoms with Gasteiger partial charge >= 0.3 is 0 Å². The van der Waals surface area contributed by atoms with E-state index < -0.39 is 0 Å². The number of ether oxygens (including phenoxy) is 1. The molecule has 0 saturated carbocycles. The lowest BCUT2D eigenvalue weighted by Crippen LogP contribution is -2.25. The number of amides is 1. The zero-order valence-electron chi connectivity index (χ0n) is 15.6. The second-order valence-corrected chi connectivity index (χ2v) is 7.16. The zero-order valence-corrected chi connectivity index (χ0v) is 15.6. The number of hydrogen-bond acceptors (Lipinski definition) is 3. The van der Waals surface area contributed by atoms with Crippen LogP contribution in [-0.2, 0) is 10.2 Å². The van der Waals surface area contributed by atoms with Gasteiger partial charge in [0.1, 0.15) is 5.75 Å². The molecule has 25 heavy (non-hydrogen) atoms. The minimum Gasteiger partial charge on any atom is -0.484 e. The van der Waals surface area contributed by atoms with Gasteiger partial charge in [-0.2, -0.15) is 5.10 Å². The van der Waals surface area contributed by atoms with Gasteiger partial charge in [-0.3, -0.25) is 4.79 Å². The fourth-order valence-electron chi connectivity index (χ4n) is 2.24. The van der Waals surface area contributed by atoms with Crippen molar-refractivity contribution in [3.8, 4) is 5.75 Å². The van der Waals surface area contributed by atoms with Gasteiger partial charge in [-0.05, 0) is 42.5 Å². The molecule has 2 aromatic carbocycles. The van der Waals surface area contributed by atoms with E-state index in [0.29, 0.717) is 5.75 Å². The third-order valence-corrected chi connectivity index (χ3v) is 3.91. The van der Waals surface area contributed by atoms with E-state index in [1.165, 1.54) is 11.1 Å². The Hall–Kier alpha value is -2.62. The maximum Gasteiger partial charge on any atom is 0.277 e. The van der Waals surface area contributed by atoms with Crippen LogP contribution in [0.5, 0.6) is 5.75 Å². The van der Waals surface area contributed by atoms with Crippen LogP contribution in [0.1, 0.15) is 44.4 Å². The molecule has 0 aromatic heterocycles. The molecule has 0 unspecified atom stereocenters. The first-order chi connectivity index (χ1) is 11.8. The summed E-state index contributed by atoms with van der Waals surface area (Å²) in [6.45, 7) is 10.3. The van der Waals surface area contributed by atoms with Crippen molar-refractivity contribution in [2.45, 2.75) is 40.0 Å². The van der Waals surface area contributed by atoms with Crippen LogP contribution in [0, 0.1) is 6.92 Å². The van der Waals surface area contributed by atoms with Crippen molar-refractivity contribution < 1.29 is 9.53 Å². The molecule has 0 atom stereocenters. The Morgan fingerprint density at radius 3 is 2.20 bits per heavy atom. The summed E-state index contributed by atoms with van der Waals surface area (Å²) in [6, 6.07) is 15.8. The third kappa shape index (κ3) is 5.75. The number of aryl methyl sites for hydroxylation is 1. The van der Waals surface area contributed by atoms with Crippen LogP contribution in [0.15, 0.2) is 53.6 Å². The van der Waals surface area contributed by atoms with Crippen molar-refractivity contribution in [2.24, 2.45) is 5.10 Å². The minimum atomic E-state index is -0.286. The summed E-state index contributed by atoms with van der Waals surface area (Å²) in [5.74, 6) is 0.383. The van der Waals surface area contributed by atoms with E-state index in [1.54, 1.807) is 0 Å². The van der Waals surface area contributed by atoms with Crippen molar-refractivity contribution in [1.29, 1.82) is 0 Å². The van der Waals surface area contributed by atoms with E-state index in [0.717, 1.165) is 11.3 Å². The standard InChI is InChI=1S/C21H26N2O2/c1-15-6-8-17(9-7-15)16(2)22-23-20(24)14-25-19-12-10-18(11-13-19)21(3,4)5/h6-13H,14H2,1-5H3,(H,23,24)/b22-16+. The Labute approximate surface area is 149 Å². The molecule has 2 rings (SSSR count). The van der Waals surface area contributed by atoms with Crippen LogP contribution >= 0.6 is 0 Å². The number of carbonyl (C=O) groups excluding carboxylic acids is 1. The smallest absolute Gasteiger partial charge is 0.277 e. The highest BCUT2D eigenvalue weighted by Crippen LogP contribution is 2.24. The number of nitrogens with zero attached hydrogens (tertiary/aromatic N) is 1. The van der Waals surface area contributed by atoms with E-state index in [2.05, 4.69) is 31.3 Å². The van der Waals surface area contributed by atoms with E-state index in [4.69, 9.17) is 4.74 Å². The lowest BCUT2D eigenvalue weighted by atomic mass is 9.87. The van der Waals surface area contributed by atoms with Gasteiger partial charge in [-0.25, -0.2) is 5.43 Å². The van der Waals surface area contributed by atoms with Crippen molar-refractivity contribution in [3.05, 3.63) is 65.2 Å². The average molecular weight is 338 g/mol. The summed E-state index contributed by atoms with van der Waals surface area (Å²) >= 11 is 0. The number of nitrogens with one attached hydrogen (secondary N) is 1. The molecule has 0 fully saturated rings. The predicted octanol–water partition coefficient (Wildman–Crippen LogP) is 4.21. The normalized spacial score (nSPS) is 12.0. The Morgan fingerprint density at radius 2 is 1.64 bits per heavy atom. The van der Waals surface area contributed by atoms with Crippen LogP contribution in [-0.4, -0.2) is 18.2 Å². The zero-order chi connectivity index (χ0) is 18.4. The SMILES string of the molecule is C/C(=N\NC(=O)COc1ccc(C(C)(C)C)cc1)c1ccc(C)cc1. The molecular weight excluding hydrogens is 312 g/mol. The maximum atomic E-state index is 11.9. The second kappa shape index (κ2) is 7.97. The van der Waals surface area contributed by atoms with Crippen molar-refractivity contribution in [2.75, 3.05) is 6.61 Å². The van der Waals surface area contributed by atoms with Gasteiger partial charge < -0.3 is 4.74 Å². The van der Waals surface area contributed by atoms with Gasteiger partial charge in [0.15, 0.2) is 6.61 Å². The van der Waals surface area contributed by atoms with E-state index in [1.807, 2.05) is 62.4 Å². The molecule has 1 N–H and O–H groups in total. The van der Waals surface area contributed by atoms with Gasteiger partial charge in [0.25, 0.3) is 5.91 Å². The molecule has 132 valence electrons. The number of carbonyl (C=O) groups is 1. The number of rotatable bonds is 5. The number of benzene rings is 2. The highest BCUT2D eigenvalue weighted by atomic mass is 16.5. The van der Waals surface area contributed by atoms with Gasteiger partial charge in [0.2, 0.25) is 0 Å².